The quantitative estimate of drug-likeness (QED) is 0.795. The molecule has 2 aromatic carbocycles. The monoisotopic (exact) mass is 390 g/mol. The third-order valence-corrected chi connectivity index (χ3v) is 6.87. The van der Waals surface area contributed by atoms with E-state index >= 15 is 0 Å². The minimum absolute atomic E-state index is 0.00587. The van der Waals surface area contributed by atoms with E-state index in [9.17, 15) is 13.2 Å². The van der Waals surface area contributed by atoms with E-state index in [1.54, 1.807) is 36.0 Å². The van der Waals surface area contributed by atoms with Crippen LogP contribution in [-0.4, -0.2) is 26.6 Å². The van der Waals surface area contributed by atoms with Crippen molar-refractivity contribution in [2.24, 2.45) is 0 Å². The largest absolute Gasteiger partial charge is 0.349 e. The Morgan fingerprint density at radius 1 is 1.15 bits per heavy atom. The van der Waals surface area contributed by atoms with Crippen LogP contribution in [0.3, 0.4) is 0 Å². The smallest absolute Gasteiger partial charge is 0.240 e. The summed E-state index contributed by atoms with van der Waals surface area (Å²) in [6.07, 6.45) is 0.986. The van der Waals surface area contributed by atoms with Crippen LogP contribution in [-0.2, 0) is 14.8 Å². The molecule has 1 aliphatic heterocycles. The number of benzene rings is 2. The molecule has 0 unspecified atom stereocenters. The topological polar surface area (TPSA) is 75.3 Å². The molecule has 26 heavy (non-hydrogen) atoms. The lowest BCUT2D eigenvalue weighted by atomic mass is 10.0. The third kappa shape index (κ3) is 4.66. The van der Waals surface area contributed by atoms with Gasteiger partial charge in [-0.25, -0.2) is 13.1 Å². The van der Waals surface area contributed by atoms with Gasteiger partial charge in [-0.15, -0.1) is 11.8 Å². The minimum atomic E-state index is -3.59. The van der Waals surface area contributed by atoms with Gasteiger partial charge in [0.25, 0.3) is 0 Å². The Morgan fingerprint density at radius 2 is 1.88 bits per heavy atom. The Hall–Kier alpha value is -1.83. The number of carbonyl (C=O) groups is 1. The Morgan fingerprint density at radius 3 is 2.65 bits per heavy atom. The fourth-order valence-corrected chi connectivity index (χ4v) is 5.02. The fraction of sp³-hybridized carbons (Fsp3) is 0.316. The Kier molecular flexibility index (Phi) is 6.01. The SMILES string of the molecule is Cc1ccc(S(=O)(=O)NCCC(=O)N[C@H]2CCSc3ccccc32)cc1. The van der Waals surface area contributed by atoms with Crippen molar-refractivity contribution in [1.82, 2.24) is 10.0 Å². The van der Waals surface area contributed by atoms with E-state index < -0.39 is 10.0 Å². The molecule has 138 valence electrons. The van der Waals surface area contributed by atoms with E-state index in [1.165, 1.54) is 4.90 Å². The standard InChI is InChI=1S/C19H22N2O3S2/c1-14-6-8-15(9-7-14)26(23,24)20-12-10-19(22)21-17-11-13-25-18-5-3-2-4-16(17)18/h2-9,17,20H,10-13H2,1H3,(H,21,22)/t17-/m0/s1. The van der Waals surface area contributed by atoms with E-state index in [0.717, 1.165) is 23.3 Å². The highest BCUT2D eigenvalue weighted by molar-refractivity contribution is 7.99. The van der Waals surface area contributed by atoms with Crippen LogP contribution in [0.15, 0.2) is 58.3 Å². The number of fused-ring (bicyclic) bond motifs is 1. The van der Waals surface area contributed by atoms with Crippen LogP contribution in [0.1, 0.15) is 30.0 Å². The van der Waals surface area contributed by atoms with Crippen molar-refractivity contribution >= 4 is 27.7 Å². The molecule has 0 radical (unpaired) electrons. The highest BCUT2D eigenvalue weighted by Gasteiger charge is 2.22. The maximum absolute atomic E-state index is 12.2. The van der Waals surface area contributed by atoms with Crippen LogP contribution < -0.4 is 10.0 Å². The molecular weight excluding hydrogens is 368 g/mol. The normalized spacial score (nSPS) is 16.7. The van der Waals surface area contributed by atoms with E-state index in [1.807, 2.05) is 25.1 Å². The van der Waals surface area contributed by atoms with Crippen molar-refractivity contribution in [2.75, 3.05) is 12.3 Å². The first-order valence-corrected chi connectivity index (χ1v) is 11.0. The van der Waals surface area contributed by atoms with E-state index in [-0.39, 0.29) is 29.8 Å². The lowest BCUT2D eigenvalue weighted by Crippen LogP contribution is -2.34. The van der Waals surface area contributed by atoms with Crippen LogP contribution in [0.2, 0.25) is 0 Å². The van der Waals surface area contributed by atoms with Gasteiger partial charge >= 0.3 is 0 Å². The van der Waals surface area contributed by atoms with Crippen LogP contribution in [0.5, 0.6) is 0 Å². The fourth-order valence-electron chi connectivity index (χ4n) is 2.86. The van der Waals surface area contributed by atoms with Gasteiger partial charge in [0.05, 0.1) is 10.9 Å². The first-order chi connectivity index (χ1) is 12.5. The summed E-state index contributed by atoms with van der Waals surface area (Å²) < 4.78 is 27.0. The second-order valence-corrected chi connectivity index (χ2v) is 9.16. The Bertz CT molecular complexity index is 880. The van der Waals surface area contributed by atoms with Crippen LogP contribution in [0.4, 0.5) is 0 Å². The summed E-state index contributed by atoms with van der Waals surface area (Å²) in [6.45, 7) is 1.97. The zero-order valence-corrected chi connectivity index (χ0v) is 16.2. The van der Waals surface area contributed by atoms with Crippen LogP contribution in [0, 0.1) is 6.92 Å². The maximum atomic E-state index is 12.2. The Balaban J connectivity index is 1.53. The average molecular weight is 391 g/mol. The lowest BCUT2D eigenvalue weighted by Gasteiger charge is -2.25. The molecule has 1 amide bonds. The number of sulfonamides is 1. The van der Waals surface area contributed by atoms with Crippen LogP contribution >= 0.6 is 11.8 Å². The summed E-state index contributed by atoms with van der Waals surface area (Å²) in [5.41, 5.74) is 2.13. The summed E-state index contributed by atoms with van der Waals surface area (Å²) in [4.78, 5) is 13.6. The van der Waals surface area contributed by atoms with Crippen molar-refractivity contribution in [2.45, 2.75) is 35.6 Å². The van der Waals surface area contributed by atoms with Crippen molar-refractivity contribution in [1.29, 1.82) is 0 Å². The Labute approximate surface area is 158 Å². The van der Waals surface area contributed by atoms with Crippen molar-refractivity contribution in [3.63, 3.8) is 0 Å². The molecule has 1 heterocycles. The van der Waals surface area contributed by atoms with Gasteiger partial charge in [-0.2, -0.15) is 0 Å². The van der Waals surface area contributed by atoms with Gasteiger partial charge in [0.1, 0.15) is 0 Å². The summed E-state index contributed by atoms with van der Waals surface area (Å²) in [6, 6.07) is 14.7. The molecular formula is C19H22N2O3S2. The number of thioether (sulfide) groups is 1. The zero-order chi connectivity index (χ0) is 18.6. The summed E-state index contributed by atoms with van der Waals surface area (Å²) in [5, 5.41) is 3.02. The molecule has 5 nitrogen and oxygen atoms in total. The average Bonchev–Trinajstić information content (AvgIpc) is 2.62. The lowest BCUT2D eigenvalue weighted by molar-refractivity contribution is -0.121. The van der Waals surface area contributed by atoms with Crippen LogP contribution in [0.25, 0.3) is 0 Å². The van der Waals surface area contributed by atoms with Gasteiger partial charge in [0.2, 0.25) is 15.9 Å². The molecule has 7 heteroatoms. The molecule has 0 fully saturated rings. The zero-order valence-electron chi connectivity index (χ0n) is 14.6. The molecule has 0 saturated heterocycles. The minimum Gasteiger partial charge on any atom is -0.349 e. The predicted molar refractivity (Wildman–Crippen MR) is 104 cm³/mol. The highest BCUT2D eigenvalue weighted by Crippen LogP contribution is 2.35. The maximum Gasteiger partial charge on any atom is 0.240 e. The first kappa shape index (κ1) is 18.9. The van der Waals surface area contributed by atoms with Crippen molar-refractivity contribution in [3.8, 4) is 0 Å². The van der Waals surface area contributed by atoms with Gasteiger partial charge in [-0.1, -0.05) is 35.9 Å². The summed E-state index contributed by atoms with van der Waals surface area (Å²) in [7, 11) is -3.59. The number of carbonyl (C=O) groups excluding carboxylic acids is 1. The van der Waals surface area contributed by atoms with Gasteiger partial charge in [0.15, 0.2) is 0 Å². The molecule has 0 saturated carbocycles. The molecule has 0 bridgehead atoms. The van der Waals surface area contributed by atoms with Crippen molar-refractivity contribution in [3.05, 3.63) is 59.7 Å². The number of hydrogen-bond acceptors (Lipinski definition) is 4. The van der Waals surface area contributed by atoms with E-state index in [2.05, 4.69) is 16.1 Å². The number of hydrogen-bond donors (Lipinski definition) is 2. The van der Waals surface area contributed by atoms with Gasteiger partial charge in [0, 0.05) is 23.6 Å². The molecule has 0 aliphatic carbocycles. The van der Waals surface area contributed by atoms with Gasteiger partial charge < -0.3 is 5.32 Å². The molecule has 2 N–H and O–H groups in total. The number of nitrogens with one attached hydrogen (secondary N) is 2. The molecule has 0 aromatic heterocycles. The number of aryl methyl sites for hydroxylation is 1. The molecule has 1 atom stereocenters. The number of rotatable bonds is 6. The van der Waals surface area contributed by atoms with Crippen molar-refractivity contribution < 1.29 is 13.2 Å². The first-order valence-electron chi connectivity index (χ1n) is 8.53. The predicted octanol–water partition coefficient (Wildman–Crippen LogP) is 3.02. The molecule has 1 aliphatic rings. The summed E-state index contributed by atoms with van der Waals surface area (Å²) >= 11 is 1.80. The van der Waals surface area contributed by atoms with Gasteiger partial charge in [-0.3, -0.25) is 4.79 Å². The summed E-state index contributed by atoms with van der Waals surface area (Å²) in [5.74, 6) is 0.811. The highest BCUT2D eigenvalue weighted by atomic mass is 32.2. The van der Waals surface area contributed by atoms with E-state index in [4.69, 9.17) is 0 Å². The molecule has 2 aromatic rings. The third-order valence-electron chi connectivity index (χ3n) is 4.27. The van der Waals surface area contributed by atoms with Gasteiger partial charge in [-0.05, 0) is 37.1 Å². The number of amides is 1. The molecule has 0 spiro atoms. The second-order valence-electron chi connectivity index (χ2n) is 6.26. The van der Waals surface area contributed by atoms with E-state index in [0.29, 0.717) is 0 Å². The second kappa shape index (κ2) is 8.24. The molecule has 3 rings (SSSR count).